The minimum atomic E-state index is -1.09. The second-order valence-corrected chi connectivity index (χ2v) is 8.55. The van der Waals surface area contributed by atoms with Crippen LogP contribution in [0.15, 0.2) is 84.9 Å². The van der Waals surface area contributed by atoms with Gasteiger partial charge in [-0.05, 0) is 28.8 Å². The third kappa shape index (κ3) is 4.20. The van der Waals surface area contributed by atoms with Crippen LogP contribution in [0.5, 0.6) is 11.5 Å². The van der Waals surface area contributed by atoms with Gasteiger partial charge in [-0.25, -0.2) is 4.79 Å². The zero-order chi connectivity index (χ0) is 23.7. The van der Waals surface area contributed by atoms with Crippen molar-refractivity contribution in [2.24, 2.45) is 0 Å². The number of phenols is 1. The van der Waals surface area contributed by atoms with E-state index in [2.05, 4.69) is 0 Å². The number of carbonyl (C=O) groups excluding carboxylic acids is 2. The van der Waals surface area contributed by atoms with Crippen LogP contribution in [-0.2, 0) is 9.53 Å². The molecule has 172 valence electrons. The van der Waals surface area contributed by atoms with Crippen LogP contribution in [0.25, 0.3) is 0 Å². The lowest BCUT2D eigenvalue weighted by molar-refractivity contribution is -0.150. The molecule has 6 heteroatoms. The number of Topliss-reactive ketones (excluding diaryl/α,β-unsaturated/α-hetero) is 1. The number of hydrogen-bond donors (Lipinski definition) is 2. The highest BCUT2D eigenvalue weighted by atomic mass is 16.6. The zero-order valence-electron chi connectivity index (χ0n) is 18.3. The van der Waals surface area contributed by atoms with Crippen molar-refractivity contribution >= 4 is 11.8 Å². The Hall–Kier alpha value is -3.90. The molecule has 0 unspecified atom stereocenters. The van der Waals surface area contributed by atoms with Gasteiger partial charge >= 0.3 is 5.97 Å². The van der Waals surface area contributed by atoms with Crippen molar-refractivity contribution in [2.45, 2.75) is 37.1 Å². The van der Waals surface area contributed by atoms with Crippen molar-refractivity contribution in [2.75, 3.05) is 0 Å². The normalized spacial score (nSPS) is 21.2. The fraction of sp³-hybridized carbons (Fsp3) is 0.214. The Kier molecular flexibility index (Phi) is 5.90. The highest BCUT2D eigenvalue weighted by molar-refractivity contribution is 6.02. The molecule has 2 aliphatic rings. The summed E-state index contributed by atoms with van der Waals surface area (Å²) in [5.41, 5.74) is 2.35. The number of ether oxygens (including phenoxy) is 2. The average molecular weight is 456 g/mol. The Morgan fingerprint density at radius 1 is 0.882 bits per heavy atom. The predicted octanol–water partition coefficient (Wildman–Crippen LogP) is 4.46. The van der Waals surface area contributed by atoms with Gasteiger partial charge in [-0.3, -0.25) is 4.79 Å². The summed E-state index contributed by atoms with van der Waals surface area (Å²) in [6.45, 7) is 0. The molecule has 4 atom stereocenters. The Labute approximate surface area is 197 Å². The number of benzene rings is 3. The van der Waals surface area contributed by atoms with E-state index < -0.39 is 30.2 Å². The molecule has 6 nitrogen and oxygen atoms in total. The average Bonchev–Trinajstić information content (AvgIpc) is 2.85. The van der Waals surface area contributed by atoms with Gasteiger partial charge in [-0.1, -0.05) is 66.7 Å². The maximum Gasteiger partial charge on any atom is 0.330 e. The van der Waals surface area contributed by atoms with Crippen molar-refractivity contribution < 1.29 is 29.3 Å². The van der Waals surface area contributed by atoms with E-state index in [-0.39, 0.29) is 29.3 Å². The molecule has 0 bridgehead atoms. The molecule has 0 aliphatic carbocycles. The third-order valence-electron chi connectivity index (χ3n) is 6.32. The summed E-state index contributed by atoms with van der Waals surface area (Å²) in [7, 11) is 0. The first kappa shape index (κ1) is 21.9. The van der Waals surface area contributed by atoms with Crippen LogP contribution < -0.4 is 4.74 Å². The molecule has 3 aromatic rings. The van der Waals surface area contributed by atoms with Crippen molar-refractivity contribution in [3.8, 4) is 11.5 Å². The number of rotatable bonds is 5. The molecule has 3 aromatic carbocycles. The predicted molar refractivity (Wildman–Crippen MR) is 125 cm³/mol. The second-order valence-electron chi connectivity index (χ2n) is 8.55. The van der Waals surface area contributed by atoms with Crippen LogP contribution in [0.2, 0.25) is 0 Å². The van der Waals surface area contributed by atoms with E-state index in [1.807, 2.05) is 60.7 Å². The standard InChI is InChI=1S/C28H24O6/c29-20-14-19(15-24-27(20)21(30)16-23(33-24)17-8-3-1-4-9-17)26(18-10-5-2-6-11-18)28(32)22-12-7-13-25(31)34-22/h1-11,13-15,22-23,26,28-29,32H,12,16H2/t22-,23-,26-,28+/m1/s1. The molecule has 2 N–H and O–H groups in total. The second kappa shape index (κ2) is 9.15. The number of aliphatic hydroxyl groups is 1. The number of phenolic OH excluding ortho intramolecular Hbond substituents is 1. The van der Waals surface area contributed by atoms with E-state index in [4.69, 9.17) is 9.47 Å². The summed E-state index contributed by atoms with van der Waals surface area (Å²) >= 11 is 0. The van der Waals surface area contributed by atoms with Crippen molar-refractivity contribution in [3.05, 3.63) is 107 Å². The van der Waals surface area contributed by atoms with Gasteiger partial charge in [0.1, 0.15) is 35.4 Å². The minimum absolute atomic E-state index is 0.124. The van der Waals surface area contributed by atoms with Gasteiger partial charge in [0.25, 0.3) is 0 Å². The van der Waals surface area contributed by atoms with Crippen LogP contribution in [0.1, 0.15) is 51.9 Å². The molecule has 2 aliphatic heterocycles. The smallest absolute Gasteiger partial charge is 0.330 e. The molecule has 0 radical (unpaired) electrons. The molecule has 0 saturated heterocycles. The van der Waals surface area contributed by atoms with Gasteiger partial charge < -0.3 is 19.7 Å². The first-order valence-electron chi connectivity index (χ1n) is 11.2. The summed E-state index contributed by atoms with van der Waals surface area (Å²) in [6.07, 6.45) is 1.21. The van der Waals surface area contributed by atoms with Crippen molar-refractivity contribution in [1.29, 1.82) is 0 Å². The molecular weight excluding hydrogens is 432 g/mol. The summed E-state index contributed by atoms with van der Waals surface area (Å²) in [4.78, 5) is 24.7. The van der Waals surface area contributed by atoms with Crippen LogP contribution in [-0.4, -0.2) is 34.2 Å². The Bertz CT molecular complexity index is 1230. The SMILES string of the molecule is O=C1C=CC[C@H]([C@H](O)[C@H](c2ccccc2)c2cc(O)c3c(c2)O[C@@H](c2ccccc2)CC3=O)O1. The topological polar surface area (TPSA) is 93.1 Å². The Morgan fingerprint density at radius 2 is 1.59 bits per heavy atom. The lowest BCUT2D eigenvalue weighted by Gasteiger charge is -2.32. The van der Waals surface area contributed by atoms with E-state index in [9.17, 15) is 19.8 Å². The molecule has 0 fully saturated rings. The van der Waals surface area contributed by atoms with Crippen LogP contribution >= 0.6 is 0 Å². The number of hydrogen-bond acceptors (Lipinski definition) is 6. The number of fused-ring (bicyclic) bond motifs is 1. The molecule has 0 aromatic heterocycles. The minimum Gasteiger partial charge on any atom is -0.507 e. The zero-order valence-corrected chi connectivity index (χ0v) is 18.3. The molecule has 2 heterocycles. The van der Waals surface area contributed by atoms with Gasteiger partial charge in [0.2, 0.25) is 0 Å². The molecule has 5 rings (SSSR count). The van der Waals surface area contributed by atoms with Gasteiger partial charge in [0.15, 0.2) is 5.78 Å². The van der Waals surface area contributed by atoms with E-state index in [1.54, 1.807) is 12.1 Å². The van der Waals surface area contributed by atoms with E-state index in [0.717, 1.165) is 11.1 Å². The van der Waals surface area contributed by atoms with Gasteiger partial charge in [0, 0.05) is 18.4 Å². The van der Waals surface area contributed by atoms with Crippen molar-refractivity contribution in [3.63, 3.8) is 0 Å². The van der Waals surface area contributed by atoms with Gasteiger partial charge in [-0.15, -0.1) is 0 Å². The highest BCUT2D eigenvalue weighted by Crippen LogP contribution is 2.43. The lowest BCUT2D eigenvalue weighted by atomic mass is 9.82. The summed E-state index contributed by atoms with van der Waals surface area (Å²) in [5.74, 6) is -1.26. The van der Waals surface area contributed by atoms with Crippen LogP contribution in [0, 0.1) is 0 Å². The largest absolute Gasteiger partial charge is 0.507 e. The van der Waals surface area contributed by atoms with Crippen molar-refractivity contribution in [1.82, 2.24) is 0 Å². The fourth-order valence-electron chi connectivity index (χ4n) is 4.70. The number of ketones is 1. The van der Waals surface area contributed by atoms with E-state index in [0.29, 0.717) is 12.0 Å². The maximum absolute atomic E-state index is 12.9. The molecule has 0 spiro atoms. The summed E-state index contributed by atoms with van der Waals surface area (Å²) in [6, 6.07) is 21.9. The molecule has 0 amide bonds. The monoisotopic (exact) mass is 456 g/mol. The number of carbonyl (C=O) groups is 2. The first-order valence-corrected chi connectivity index (χ1v) is 11.2. The van der Waals surface area contributed by atoms with Crippen LogP contribution in [0.4, 0.5) is 0 Å². The number of aromatic hydroxyl groups is 1. The highest BCUT2D eigenvalue weighted by Gasteiger charge is 2.36. The van der Waals surface area contributed by atoms with Crippen LogP contribution in [0.3, 0.4) is 0 Å². The molecule has 0 saturated carbocycles. The van der Waals surface area contributed by atoms with Gasteiger partial charge in [-0.2, -0.15) is 0 Å². The van der Waals surface area contributed by atoms with Gasteiger partial charge in [0.05, 0.1) is 6.42 Å². The summed E-state index contributed by atoms with van der Waals surface area (Å²) in [5, 5.41) is 22.2. The number of esters is 1. The first-order chi connectivity index (χ1) is 16.5. The third-order valence-corrected chi connectivity index (χ3v) is 6.32. The quantitative estimate of drug-likeness (QED) is 0.551. The number of cyclic esters (lactones) is 1. The Morgan fingerprint density at radius 3 is 2.29 bits per heavy atom. The molecular formula is C28H24O6. The van der Waals surface area contributed by atoms with E-state index in [1.165, 1.54) is 12.1 Å². The lowest BCUT2D eigenvalue weighted by Crippen LogP contribution is -2.37. The molecule has 34 heavy (non-hydrogen) atoms. The fourth-order valence-corrected chi connectivity index (χ4v) is 4.70. The Balaban J connectivity index is 1.56. The van der Waals surface area contributed by atoms with E-state index >= 15 is 0 Å². The number of aliphatic hydroxyl groups excluding tert-OH is 1. The maximum atomic E-state index is 12.9. The summed E-state index contributed by atoms with van der Waals surface area (Å²) < 4.78 is 11.6.